The van der Waals surface area contributed by atoms with Crippen molar-refractivity contribution in [2.45, 2.75) is 39.5 Å². The predicted molar refractivity (Wildman–Crippen MR) is 141 cm³/mol. The number of carbonyl (C=O) groups excluding carboxylic acids is 1. The van der Waals surface area contributed by atoms with Crippen molar-refractivity contribution in [3.63, 3.8) is 0 Å². The van der Waals surface area contributed by atoms with E-state index < -0.39 is 11.7 Å². The Morgan fingerprint density at radius 3 is 2.72 bits per heavy atom. The first-order chi connectivity index (χ1) is 17.2. The molecule has 0 aliphatic rings. The number of rotatable bonds is 8. The van der Waals surface area contributed by atoms with Gasteiger partial charge in [0.05, 0.1) is 5.52 Å². The molecule has 4 rings (SSSR count). The lowest BCUT2D eigenvalue weighted by Gasteiger charge is -2.19. The lowest BCUT2D eigenvalue weighted by atomic mass is 10.1. The second-order valence-corrected chi connectivity index (χ2v) is 9.54. The molecule has 0 fully saturated rings. The summed E-state index contributed by atoms with van der Waals surface area (Å²) in [6.07, 6.45) is 2.96. The Morgan fingerprint density at radius 1 is 1.14 bits per heavy atom. The van der Waals surface area contributed by atoms with Crippen LogP contribution in [0.1, 0.15) is 26.3 Å². The number of nitrogens with two attached hydrogens (primary N) is 1. The number of alkyl carbamates (subject to hydrolysis) is 1. The fourth-order valence-electron chi connectivity index (χ4n) is 3.61. The second kappa shape index (κ2) is 10.8. The Bertz CT molecular complexity index is 1370. The minimum atomic E-state index is -0.549. The molecule has 0 radical (unpaired) electrons. The number of aromatic nitrogens is 3. The molecule has 2 aromatic carbocycles. The van der Waals surface area contributed by atoms with Crippen LogP contribution < -0.4 is 21.1 Å². The number of benzene rings is 2. The highest BCUT2D eigenvalue weighted by Crippen LogP contribution is 2.31. The Balaban J connectivity index is 1.50. The topological polar surface area (TPSA) is 116 Å². The van der Waals surface area contributed by atoms with Gasteiger partial charge in [0, 0.05) is 42.1 Å². The Kier molecular flexibility index (Phi) is 7.61. The van der Waals surface area contributed by atoms with E-state index in [4.69, 9.17) is 26.8 Å². The van der Waals surface area contributed by atoms with E-state index in [-0.39, 0.29) is 6.54 Å². The monoisotopic (exact) mass is 508 g/mol. The summed E-state index contributed by atoms with van der Waals surface area (Å²) in [5, 5.41) is 6.73. The van der Waals surface area contributed by atoms with Crippen molar-refractivity contribution in [2.75, 3.05) is 11.9 Å². The largest absolute Gasteiger partial charge is 0.457 e. The maximum Gasteiger partial charge on any atom is 0.407 e. The Morgan fingerprint density at radius 2 is 1.97 bits per heavy atom. The first kappa shape index (κ1) is 25.3. The van der Waals surface area contributed by atoms with Gasteiger partial charge in [0.25, 0.3) is 0 Å². The zero-order chi connectivity index (χ0) is 25.7. The van der Waals surface area contributed by atoms with E-state index in [1.54, 1.807) is 12.1 Å². The number of nitrogens with one attached hydrogen (secondary N) is 2. The van der Waals surface area contributed by atoms with Gasteiger partial charge in [-0.3, -0.25) is 0 Å². The minimum Gasteiger partial charge on any atom is -0.457 e. The molecule has 0 aliphatic carbocycles. The van der Waals surface area contributed by atoms with Crippen molar-refractivity contribution in [1.82, 2.24) is 19.9 Å². The van der Waals surface area contributed by atoms with E-state index in [1.165, 1.54) is 6.33 Å². The lowest BCUT2D eigenvalue weighted by Crippen LogP contribution is -2.34. The van der Waals surface area contributed by atoms with Crippen molar-refractivity contribution < 1.29 is 14.3 Å². The van der Waals surface area contributed by atoms with Crippen molar-refractivity contribution in [1.29, 1.82) is 0 Å². The van der Waals surface area contributed by atoms with Gasteiger partial charge >= 0.3 is 6.09 Å². The summed E-state index contributed by atoms with van der Waals surface area (Å²) in [5.74, 6) is 1.91. The summed E-state index contributed by atoms with van der Waals surface area (Å²) in [7, 11) is 0. The van der Waals surface area contributed by atoms with Gasteiger partial charge in [0.2, 0.25) is 0 Å². The maximum atomic E-state index is 12.0. The summed E-state index contributed by atoms with van der Waals surface area (Å²) in [6.45, 7) is 6.68. The summed E-state index contributed by atoms with van der Waals surface area (Å²) < 4.78 is 13.3. The fourth-order valence-corrected chi connectivity index (χ4v) is 3.79. The molecule has 1 amide bonds. The number of ether oxygens (including phenoxy) is 2. The molecule has 0 saturated heterocycles. The van der Waals surface area contributed by atoms with E-state index in [0.717, 1.165) is 22.3 Å². The molecule has 0 unspecified atom stereocenters. The Labute approximate surface area is 214 Å². The Hall–Kier alpha value is -3.82. The predicted octanol–water partition coefficient (Wildman–Crippen LogP) is 5.60. The third-order valence-electron chi connectivity index (χ3n) is 5.14. The fraction of sp³-hybridized carbons (Fsp3) is 0.269. The molecule has 2 heterocycles. The van der Waals surface area contributed by atoms with Gasteiger partial charge in [-0.25, -0.2) is 14.8 Å². The maximum absolute atomic E-state index is 12.0. The van der Waals surface area contributed by atoms with E-state index in [0.29, 0.717) is 35.4 Å². The van der Waals surface area contributed by atoms with Crippen molar-refractivity contribution >= 4 is 40.2 Å². The summed E-state index contributed by atoms with van der Waals surface area (Å²) in [5.41, 5.74) is 8.67. The standard InChI is InChI=1S/C26H29ClN6O3/c1-26(2,3)36-25(34)29-10-12-33-11-9-21-23(33)24(31-16-30-21)32-19-7-8-22(17(13-19)15-28)35-20-6-4-5-18(27)14-20/h4-9,11,13-14,16H,10,12,15,28H2,1-3H3,(H,29,34)(H,30,31,32). The third-order valence-corrected chi connectivity index (χ3v) is 5.37. The number of nitrogens with zero attached hydrogens (tertiary/aromatic N) is 3. The van der Waals surface area contributed by atoms with Crippen LogP contribution in [0, 0.1) is 0 Å². The van der Waals surface area contributed by atoms with Crippen LogP contribution in [0.4, 0.5) is 16.3 Å². The highest BCUT2D eigenvalue weighted by molar-refractivity contribution is 6.30. The average molecular weight is 509 g/mol. The van der Waals surface area contributed by atoms with E-state index >= 15 is 0 Å². The molecule has 36 heavy (non-hydrogen) atoms. The van der Waals surface area contributed by atoms with Crippen LogP contribution in [0.2, 0.25) is 5.02 Å². The third kappa shape index (κ3) is 6.44. The molecular weight excluding hydrogens is 480 g/mol. The van der Waals surface area contributed by atoms with Gasteiger partial charge in [-0.2, -0.15) is 0 Å². The number of carbonyl (C=O) groups is 1. The number of halogens is 1. The van der Waals surface area contributed by atoms with Gasteiger partial charge < -0.3 is 30.4 Å². The van der Waals surface area contributed by atoms with E-state index in [9.17, 15) is 4.79 Å². The average Bonchev–Trinajstić information content (AvgIpc) is 3.23. The molecule has 4 N–H and O–H groups in total. The first-order valence-corrected chi connectivity index (χ1v) is 11.9. The molecule has 9 nitrogen and oxygen atoms in total. The molecule has 0 spiro atoms. The summed E-state index contributed by atoms with van der Waals surface area (Å²) >= 11 is 6.07. The zero-order valence-corrected chi connectivity index (χ0v) is 21.2. The SMILES string of the molecule is CC(C)(C)OC(=O)NCCn1ccc2ncnc(Nc3ccc(Oc4cccc(Cl)c4)c(CN)c3)c21. The molecule has 10 heteroatoms. The van der Waals surface area contributed by atoms with E-state index in [1.807, 2.05) is 67.9 Å². The number of amides is 1. The van der Waals surface area contributed by atoms with Crippen LogP contribution in [0.5, 0.6) is 11.5 Å². The van der Waals surface area contributed by atoms with Gasteiger partial charge in [0.1, 0.15) is 28.9 Å². The van der Waals surface area contributed by atoms with Crippen LogP contribution in [-0.2, 0) is 17.8 Å². The second-order valence-electron chi connectivity index (χ2n) is 9.10. The highest BCUT2D eigenvalue weighted by atomic mass is 35.5. The smallest absolute Gasteiger partial charge is 0.407 e. The number of hydrogen-bond acceptors (Lipinski definition) is 7. The van der Waals surface area contributed by atoms with Gasteiger partial charge in [0.15, 0.2) is 5.82 Å². The number of anilines is 2. The van der Waals surface area contributed by atoms with Crippen molar-refractivity contribution in [2.24, 2.45) is 5.73 Å². The molecular formula is C26H29ClN6O3. The number of hydrogen-bond donors (Lipinski definition) is 3. The summed E-state index contributed by atoms with van der Waals surface area (Å²) in [6, 6.07) is 14.8. The van der Waals surface area contributed by atoms with E-state index in [2.05, 4.69) is 20.6 Å². The normalized spacial score (nSPS) is 11.4. The van der Waals surface area contributed by atoms with Crippen LogP contribution >= 0.6 is 11.6 Å². The molecule has 0 aliphatic heterocycles. The van der Waals surface area contributed by atoms with Crippen molar-refractivity contribution in [3.8, 4) is 11.5 Å². The van der Waals surface area contributed by atoms with Gasteiger partial charge in [-0.1, -0.05) is 17.7 Å². The molecule has 0 saturated carbocycles. The van der Waals surface area contributed by atoms with Crippen LogP contribution in [0.15, 0.2) is 61.1 Å². The van der Waals surface area contributed by atoms with Crippen LogP contribution in [0.3, 0.4) is 0 Å². The van der Waals surface area contributed by atoms with Gasteiger partial charge in [-0.05, 0) is 63.2 Å². The minimum absolute atomic E-state index is 0.289. The first-order valence-electron chi connectivity index (χ1n) is 11.5. The summed E-state index contributed by atoms with van der Waals surface area (Å²) in [4.78, 5) is 20.8. The van der Waals surface area contributed by atoms with Gasteiger partial charge in [-0.15, -0.1) is 0 Å². The molecule has 2 aromatic heterocycles. The quantitative estimate of drug-likeness (QED) is 0.283. The molecule has 0 bridgehead atoms. The molecule has 188 valence electrons. The van der Waals surface area contributed by atoms with Crippen LogP contribution in [-0.4, -0.2) is 32.8 Å². The number of fused-ring (bicyclic) bond motifs is 1. The molecule has 0 atom stereocenters. The molecule has 4 aromatic rings. The lowest BCUT2D eigenvalue weighted by molar-refractivity contribution is 0.0526. The highest BCUT2D eigenvalue weighted by Gasteiger charge is 2.16. The van der Waals surface area contributed by atoms with Crippen LogP contribution in [0.25, 0.3) is 11.0 Å². The zero-order valence-electron chi connectivity index (χ0n) is 20.4. The van der Waals surface area contributed by atoms with Crippen molar-refractivity contribution in [3.05, 3.63) is 71.6 Å².